The van der Waals surface area contributed by atoms with Crippen LogP contribution in [0.4, 0.5) is 5.69 Å². The van der Waals surface area contributed by atoms with E-state index in [9.17, 15) is 19.2 Å². The highest BCUT2D eigenvalue weighted by Gasteiger charge is 2.36. The predicted octanol–water partition coefficient (Wildman–Crippen LogP) is 12.3. The summed E-state index contributed by atoms with van der Waals surface area (Å²) in [6.07, 6.45) is 24.2. The molecule has 27 nitrogen and oxygen atoms in total. The molecule has 20 heterocycles. The second kappa shape index (κ2) is 32.3. The minimum Gasteiger partial charge on any atom is -0.370 e. The molecule has 0 amide bonds. The van der Waals surface area contributed by atoms with Crippen LogP contribution in [-0.4, -0.2) is 187 Å². The van der Waals surface area contributed by atoms with Gasteiger partial charge in [0.2, 0.25) is 0 Å². The van der Waals surface area contributed by atoms with Gasteiger partial charge in [-0.1, -0.05) is 38.1 Å². The van der Waals surface area contributed by atoms with Gasteiger partial charge in [-0.05, 0) is 218 Å². The van der Waals surface area contributed by atoms with Crippen LogP contribution >= 0.6 is 11.3 Å². The van der Waals surface area contributed by atoms with Gasteiger partial charge in [0.05, 0.1) is 113 Å². The highest BCUT2D eigenvalue weighted by Crippen LogP contribution is 2.34. The van der Waals surface area contributed by atoms with Crippen molar-refractivity contribution in [3.63, 3.8) is 0 Å². The van der Waals surface area contributed by atoms with E-state index in [2.05, 4.69) is 124 Å². The predicted molar refractivity (Wildman–Crippen MR) is 470 cm³/mol. The highest BCUT2D eigenvalue weighted by molar-refractivity contribution is 7.18. The summed E-state index contributed by atoms with van der Waals surface area (Å²) in [6, 6.07) is 34.1. The lowest BCUT2D eigenvalue weighted by Gasteiger charge is -2.26. The molecule has 0 unspecified atom stereocenters. The van der Waals surface area contributed by atoms with Crippen LogP contribution in [0.1, 0.15) is 95.4 Å². The van der Waals surface area contributed by atoms with Gasteiger partial charge in [-0.15, -0.1) is 11.3 Å². The fourth-order valence-electron chi connectivity index (χ4n) is 17.0. The molecule has 1 aromatic carbocycles. The van der Waals surface area contributed by atoms with Crippen LogP contribution in [0.3, 0.4) is 0 Å². The number of fused-ring (bicyclic) bond motifs is 9. The van der Waals surface area contributed by atoms with E-state index in [1.54, 1.807) is 66.8 Å². The number of pyridine rings is 4. The first kappa shape index (κ1) is 77.5. The first-order valence-electron chi connectivity index (χ1n) is 40.9. The third kappa shape index (κ3) is 16.0. The molecular weight excluding hydrogens is 1510 g/mol. The highest BCUT2D eigenvalue weighted by atomic mass is 32.1. The molecule has 28 heteroatoms. The third-order valence-electron chi connectivity index (χ3n) is 23.3. The van der Waals surface area contributed by atoms with Crippen molar-refractivity contribution < 1.29 is 0 Å². The molecule has 119 heavy (non-hydrogen) atoms. The van der Waals surface area contributed by atoms with Crippen molar-refractivity contribution in [2.24, 2.45) is 11.8 Å². The molecule has 2 atom stereocenters. The molecule has 15 aromatic heterocycles. The van der Waals surface area contributed by atoms with Gasteiger partial charge in [0.1, 0.15) is 39.7 Å². The van der Waals surface area contributed by atoms with Crippen LogP contribution in [0, 0.1) is 60.3 Å². The summed E-state index contributed by atoms with van der Waals surface area (Å²) >= 11 is 1.68. The topological polar surface area (TPSA) is 266 Å². The summed E-state index contributed by atoms with van der Waals surface area (Å²) in [4.78, 5) is 98.0. The number of likely N-dealkylation sites (N-methyl/N-ethyl adjacent to an activating group) is 2. The van der Waals surface area contributed by atoms with Gasteiger partial charge in [0.25, 0.3) is 22.2 Å². The Morgan fingerprint density at radius 2 is 0.824 bits per heavy atom. The second-order valence-corrected chi connectivity index (χ2v) is 33.1. The Bertz CT molecular complexity index is 7060. The Morgan fingerprint density at radius 1 is 0.412 bits per heavy atom. The Balaban J connectivity index is 0.000000109. The van der Waals surface area contributed by atoms with Crippen molar-refractivity contribution >= 4 is 83.1 Å². The first-order valence-corrected chi connectivity index (χ1v) is 41.7. The average Bonchev–Trinajstić information content (AvgIpc) is 1.76. The minimum absolute atomic E-state index is 0.0533. The zero-order chi connectivity index (χ0) is 82.0. The van der Waals surface area contributed by atoms with E-state index in [-0.39, 0.29) is 22.2 Å². The van der Waals surface area contributed by atoms with Crippen molar-refractivity contribution in [2.45, 2.75) is 88.0 Å². The van der Waals surface area contributed by atoms with Crippen LogP contribution < -0.4 is 32.5 Å². The van der Waals surface area contributed by atoms with Crippen LogP contribution in [0.15, 0.2) is 190 Å². The normalized spacial score (nSPS) is 16.6. The molecule has 1 N–H and O–H groups in total. The largest absolute Gasteiger partial charge is 0.370 e. The van der Waals surface area contributed by atoms with Gasteiger partial charge in [0, 0.05) is 120 Å². The van der Waals surface area contributed by atoms with Crippen LogP contribution in [0.5, 0.6) is 0 Å². The lowest BCUT2D eigenvalue weighted by Crippen LogP contribution is -2.29. The Hall–Kier alpha value is -12.7. The van der Waals surface area contributed by atoms with Crippen molar-refractivity contribution in [1.82, 2.24) is 106 Å². The minimum atomic E-state index is -0.108. The van der Waals surface area contributed by atoms with E-state index < -0.39 is 0 Å². The van der Waals surface area contributed by atoms with Crippen molar-refractivity contribution in [1.29, 1.82) is 0 Å². The molecular formula is C91H93N23O4S. The van der Waals surface area contributed by atoms with Gasteiger partial charge in [-0.25, -0.2) is 38.5 Å². The van der Waals surface area contributed by atoms with Gasteiger partial charge in [-0.3, -0.25) is 61.5 Å². The summed E-state index contributed by atoms with van der Waals surface area (Å²) in [6.45, 7) is 30.6. The van der Waals surface area contributed by atoms with Crippen LogP contribution in [0.2, 0.25) is 0 Å². The lowest BCUT2D eigenvalue weighted by atomic mass is 10.0. The molecule has 0 bridgehead atoms. The quantitative estimate of drug-likeness (QED) is 0.126. The maximum atomic E-state index is 12.9. The number of nitrogens with one attached hydrogen (secondary N) is 1. The molecule has 5 aliphatic heterocycles. The number of anilines is 1. The number of hydrogen-bond acceptors (Lipinski definition) is 21. The van der Waals surface area contributed by atoms with E-state index in [0.717, 1.165) is 192 Å². The smallest absolute Gasteiger partial charge is 0.258 e. The number of rotatable bonds is 11. The summed E-state index contributed by atoms with van der Waals surface area (Å²) in [5.74, 6) is 1.43. The molecule has 2 saturated heterocycles. The van der Waals surface area contributed by atoms with E-state index in [0.29, 0.717) is 74.3 Å². The SMILES string of the molecule is CCCN1CC=C(c2ccc3nc(-c4cc5c(C)nc(C)cn5n4)cc(=O)n3c2)CC1.CCN1CC=C(c2ccc3nc(-c4cc5c(C)nc(C)cn5n4)cc(=O)n3c2)CC1.Cc1cn2nc(-c3cc(=O)n4cc(C5=CCN(C)CC5)ccc4n3)cc2c(C)n1.Cc1nc2cc(-c3cc(=O)n4cc(N5C[C@H]6CNC[C@H]6C5)ccc4n3)ccc2s1. The van der Waals surface area contributed by atoms with Crippen LogP contribution in [-0.2, 0) is 0 Å². The molecule has 2 fully saturated rings. The van der Waals surface area contributed by atoms with Gasteiger partial charge in [-0.2, -0.15) is 15.3 Å². The molecule has 5 aliphatic rings. The Labute approximate surface area is 689 Å². The van der Waals surface area contributed by atoms with Crippen molar-refractivity contribution in [3.8, 4) is 45.4 Å². The molecule has 0 aliphatic carbocycles. The zero-order valence-electron chi connectivity index (χ0n) is 68.5. The van der Waals surface area contributed by atoms with Gasteiger partial charge in [0.15, 0.2) is 0 Å². The zero-order valence-corrected chi connectivity index (χ0v) is 69.3. The molecule has 0 radical (unpaired) electrons. The number of benzene rings is 1. The number of thiazole rings is 1. The van der Waals surface area contributed by atoms with E-state index >= 15 is 0 Å². The number of nitrogens with zero attached hydrogens (tertiary/aromatic N) is 22. The molecule has 21 rings (SSSR count). The summed E-state index contributed by atoms with van der Waals surface area (Å²) in [7, 11) is 2.11. The van der Waals surface area contributed by atoms with Crippen LogP contribution in [0.25, 0.3) is 111 Å². The maximum absolute atomic E-state index is 12.9. The standard InChI is InChI=1S/C24H26N6O.C23H24N6O.C22H22N6O.C22H21N5OS/c1-4-9-28-10-7-18(8-11-28)19-5-6-23-26-20(13-24(31)29(23)15-19)21-12-22-17(3)25-16(2)14-30(22)27-21;1-4-27-9-7-17(8-10-27)18-5-6-22-25-19(12-23(30)28(22)14-18)20-11-21-16(3)24-15(2)13-29(21)26-20;1-14-12-28-20(15(2)23-14)10-19(25-28)18-11-22(29)27-13-17(4-5-21(27)24-18)16-6-8-26(3)9-7-16;1-13-24-19-6-14(2-4-20(19)29-13)18-7-22(28)27-12-17(3-5-21(27)25-18)26-10-15-8-23-9-16(15)11-26/h5-7,12-15H,4,8-11H2,1-3H3;5-7,11-14H,4,8-10H2,1-3H3;4-6,10-13H,7-9H2,1-3H3;2-7,12,15-16,23H,8-11H2,1H3/t;;;15-,16+. The second-order valence-electron chi connectivity index (χ2n) is 31.8. The Morgan fingerprint density at radius 3 is 1.25 bits per heavy atom. The van der Waals surface area contributed by atoms with Gasteiger partial charge >= 0.3 is 0 Å². The average molecular weight is 1600 g/mol. The third-order valence-corrected chi connectivity index (χ3v) is 24.3. The van der Waals surface area contributed by atoms with Gasteiger partial charge < -0.3 is 15.1 Å². The van der Waals surface area contributed by atoms with E-state index in [1.165, 1.54) is 23.1 Å². The molecule has 16 aromatic rings. The maximum Gasteiger partial charge on any atom is 0.258 e. The van der Waals surface area contributed by atoms with Crippen molar-refractivity contribution in [2.75, 3.05) is 90.5 Å². The summed E-state index contributed by atoms with van der Waals surface area (Å²) in [5, 5.41) is 18.3. The Kier molecular flexibility index (Phi) is 21.0. The number of aromatic nitrogens is 18. The van der Waals surface area contributed by atoms with E-state index in [4.69, 9.17) is 19.9 Å². The monoisotopic (exact) mass is 1600 g/mol. The number of aryl methyl sites for hydroxylation is 7. The summed E-state index contributed by atoms with van der Waals surface area (Å²) in [5.41, 5.74) is 24.8. The fourth-order valence-corrected chi connectivity index (χ4v) is 17.8. The first-order chi connectivity index (χ1) is 57.6. The molecule has 602 valence electrons. The molecule has 0 spiro atoms. The van der Waals surface area contributed by atoms with Crippen molar-refractivity contribution in [3.05, 3.63) is 268 Å². The lowest BCUT2D eigenvalue weighted by molar-refractivity contribution is 0.302. The molecule has 0 saturated carbocycles. The summed E-state index contributed by atoms with van der Waals surface area (Å²) < 4.78 is 13.1. The van der Waals surface area contributed by atoms with E-state index in [1.807, 2.05) is 153 Å². The fraction of sp³-hybridized carbons (Fsp3) is 0.308. The number of hydrogen-bond donors (Lipinski definition) is 1.